The lowest BCUT2D eigenvalue weighted by Gasteiger charge is -2.11. The van der Waals surface area contributed by atoms with Crippen LogP contribution in [-0.4, -0.2) is 21.8 Å². The Morgan fingerprint density at radius 1 is 1.20 bits per heavy atom. The van der Waals surface area contributed by atoms with Crippen LogP contribution >= 0.6 is 11.8 Å². The van der Waals surface area contributed by atoms with Crippen molar-refractivity contribution in [2.24, 2.45) is 0 Å². The monoisotopic (exact) mass is 290 g/mol. The van der Waals surface area contributed by atoms with Crippen molar-refractivity contribution in [3.63, 3.8) is 0 Å². The summed E-state index contributed by atoms with van der Waals surface area (Å²) in [5, 5.41) is 7.51. The molecular weight excluding hydrogens is 268 g/mol. The molecule has 0 aliphatic heterocycles. The van der Waals surface area contributed by atoms with E-state index in [1.165, 1.54) is 10.5 Å². The van der Waals surface area contributed by atoms with Gasteiger partial charge < -0.3 is 5.32 Å². The van der Waals surface area contributed by atoms with Crippen molar-refractivity contribution in [2.45, 2.75) is 43.5 Å². The molecule has 1 atom stereocenters. The molecule has 0 aliphatic carbocycles. The standard InChI is InChI=1S/C15H22N4S/c1-11(2)19-15(17-10-18-19)9-20-14-7-5-13(6-8-14)12(3)16-4/h5-8,10-12,16H,9H2,1-4H3. The number of benzene rings is 1. The number of aromatic nitrogens is 3. The minimum absolute atomic E-state index is 0.354. The molecule has 108 valence electrons. The number of hydrogen-bond acceptors (Lipinski definition) is 4. The lowest BCUT2D eigenvalue weighted by atomic mass is 10.1. The Kier molecular flexibility index (Phi) is 5.20. The molecule has 0 amide bonds. The van der Waals surface area contributed by atoms with Crippen LogP contribution < -0.4 is 5.32 Å². The van der Waals surface area contributed by atoms with Crippen LogP contribution in [0.4, 0.5) is 0 Å². The zero-order chi connectivity index (χ0) is 14.5. The van der Waals surface area contributed by atoms with E-state index in [9.17, 15) is 0 Å². The Labute approximate surface area is 125 Å². The Hall–Kier alpha value is -1.33. The molecular formula is C15H22N4S. The van der Waals surface area contributed by atoms with Gasteiger partial charge in [-0.25, -0.2) is 9.67 Å². The molecule has 1 aromatic carbocycles. The van der Waals surface area contributed by atoms with Gasteiger partial charge >= 0.3 is 0 Å². The highest BCUT2D eigenvalue weighted by atomic mass is 32.2. The summed E-state index contributed by atoms with van der Waals surface area (Å²) in [6, 6.07) is 9.44. The van der Waals surface area contributed by atoms with E-state index in [0.717, 1.165) is 11.6 Å². The van der Waals surface area contributed by atoms with Crippen LogP contribution in [0.2, 0.25) is 0 Å². The summed E-state index contributed by atoms with van der Waals surface area (Å²) in [4.78, 5) is 5.59. The minimum Gasteiger partial charge on any atom is -0.313 e. The summed E-state index contributed by atoms with van der Waals surface area (Å²) in [5.41, 5.74) is 1.31. The minimum atomic E-state index is 0.354. The van der Waals surface area contributed by atoms with E-state index in [1.807, 2.05) is 11.7 Å². The fraction of sp³-hybridized carbons (Fsp3) is 0.467. The van der Waals surface area contributed by atoms with Crippen LogP contribution in [0.5, 0.6) is 0 Å². The molecule has 0 radical (unpaired) electrons. The third kappa shape index (κ3) is 3.61. The molecule has 2 rings (SSSR count). The largest absolute Gasteiger partial charge is 0.313 e. The molecule has 1 heterocycles. The average Bonchev–Trinajstić information content (AvgIpc) is 2.93. The van der Waals surface area contributed by atoms with Crippen molar-refractivity contribution in [3.05, 3.63) is 42.0 Å². The fourth-order valence-electron chi connectivity index (χ4n) is 1.98. The summed E-state index contributed by atoms with van der Waals surface area (Å²) in [7, 11) is 1.98. The second-order valence-electron chi connectivity index (χ2n) is 5.08. The molecule has 0 fully saturated rings. The number of nitrogens with zero attached hydrogens (tertiary/aromatic N) is 3. The maximum absolute atomic E-state index is 4.33. The zero-order valence-corrected chi connectivity index (χ0v) is 13.3. The van der Waals surface area contributed by atoms with Crippen molar-refractivity contribution in [1.29, 1.82) is 0 Å². The molecule has 0 bridgehead atoms. The second-order valence-corrected chi connectivity index (χ2v) is 6.13. The summed E-state index contributed by atoms with van der Waals surface area (Å²) in [6.07, 6.45) is 1.63. The van der Waals surface area contributed by atoms with Crippen LogP contribution in [-0.2, 0) is 5.75 Å². The number of rotatable bonds is 6. The van der Waals surface area contributed by atoms with Crippen molar-refractivity contribution >= 4 is 11.8 Å². The number of hydrogen-bond donors (Lipinski definition) is 1. The smallest absolute Gasteiger partial charge is 0.138 e. The van der Waals surface area contributed by atoms with Gasteiger partial charge in [0.1, 0.15) is 12.2 Å². The van der Waals surface area contributed by atoms with Crippen LogP contribution in [0.25, 0.3) is 0 Å². The van der Waals surface area contributed by atoms with Gasteiger partial charge in [0.05, 0.1) is 5.75 Å². The van der Waals surface area contributed by atoms with E-state index < -0.39 is 0 Å². The summed E-state index contributed by atoms with van der Waals surface area (Å²) < 4.78 is 1.98. The van der Waals surface area contributed by atoms with Crippen LogP contribution in [0.3, 0.4) is 0 Å². The maximum atomic E-state index is 4.33. The predicted octanol–water partition coefficient (Wildman–Crippen LogP) is 3.43. The maximum Gasteiger partial charge on any atom is 0.138 e. The Bertz CT molecular complexity index is 533. The first-order chi connectivity index (χ1) is 9.61. The third-order valence-electron chi connectivity index (χ3n) is 3.32. The molecule has 0 spiro atoms. The molecule has 0 aliphatic rings. The van der Waals surface area contributed by atoms with Gasteiger partial charge in [-0.3, -0.25) is 0 Å². The normalized spacial score (nSPS) is 12.8. The molecule has 0 saturated heterocycles. The lowest BCUT2D eigenvalue weighted by molar-refractivity contribution is 0.514. The molecule has 1 N–H and O–H groups in total. The lowest BCUT2D eigenvalue weighted by Crippen LogP contribution is -2.11. The van der Waals surface area contributed by atoms with E-state index in [4.69, 9.17) is 0 Å². The van der Waals surface area contributed by atoms with Gasteiger partial charge in [-0.1, -0.05) is 12.1 Å². The summed E-state index contributed by atoms with van der Waals surface area (Å²) in [6.45, 7) is 6.40. The molecule has 1 unspecified atom stereocenters. The van der Waals surface area contributed by atoms with Crippen molar-refractivity contribution in [1.82, 2.24) is 20.1 Å². The molecule has 20 heavy (non-hydrogen) atoms. The van der Waals surface area contributed by atoms with Gasteiger partial charge in [0.2, 0.25) is 0 Å². The molecule has 4 nitrogen and oxygen atoms in total. The summed E-state index contributed by atoms with van der Waals surface area (Å²) >= 11 is 1.79. The van der Waals surface area contributed by atoms with Gasteiger partial charge in [-0.15, -0.1) is 11.8 Å². The first-order valence-electron chi connectivity index (χ1n) is 6.90. The van der Waals surface area contributed by atoms with Crippen molar-refractivity contribution < 1.29 is 0 Å². The van der Waals surface area contributed by atoms with Gasteiger partial charge in [0, 0.05) is 17.0 Å². The molecule has 0 saturated carbocycles. The molecule has 5 heteroatoms. The fourth-order valence-corrected chi connectivity index (χ4v) is 2.81. The van der Waals surface area contributed by atoms with Gasteiger partial charge in [-0.2, -0.15) is 5.10 Å². The Morgan fingerprint density at radius 2 is 1.90 bits per heavy atom. The number of nitrogens with one attached hydrogen (secondary N) is 1. The van der Waals surface area contributed by atoms with Crippen LogP contribution in [0.15, 0.2) is 35.5 Å². The quantitative estimate of drug-likeness (QED) is 0.828. The van der Waals surface area contributed by atoms with Crippen molar-refractivity contribution in [3.8, 4) is 0 Å². The first-order valence-corrected chi connectivity index (χ1v) is 7.88. The Balaban J connectivity index is 1.99. The topological polar surface area (TPSA) is 42.7 Å². The third-order valence-corrected chi connectivity index (χ3v) is 4.33. The van der Waals surface area contributed by atoms with Gasteiger partial charge in [0.15, 0.2) is 0 Å². The van der Waals surface area contributed by atoms with Crippen molar-refractivity contribution in [2.75, 3.05) is 7.05 Å². The van der Waals surface area contributed by atoms with E-state index in [0.29, 0.717) is 12.1 Å². The second kappa shape index (κ2) is 6.90. The van der Waals surface area contributed by atoms with E-state index in [-0.39, 0.29) is 0 Å². The SMILES string of the molecule is CNC(C)c1ccc(SCc2ncnn2C(C)C)cc1. The van der Waals surface area contributed by atoms with Gasteiger partial charge in [0.25, 0.3) is 0 Å². The van der Waals surface area contributed by atoms with Gasteiger partial charge in [-0.05, 0) is 45.5 Å². The highest BCUT2D eigenvalue weighted by Crippen LogP contribution is 2.24. The first kappa shape index (κ1) is 15.1. The van der Waals surface area contributed by atoms with E-state index in [2.05, 4.69) is 60.4 Å². The van der Waals surface area contributed by atoms with Crippen LogP contribution in [0, 0.1) is 0 Å². The Morgan fingerprint density at radius 3 is 2.50 bits per heavy atom. The molecule has 2 aromatic rings. The van der Waals surface area contributed by atoms with E-state index in [1.54, 1.807) is 18.1 Å². The highest BCUT2D eigenvalue weighted by Gasteiger charge is 2.08. The molecule has 1 aromatic heterocycles. The van der Waals surface area contributed by atoms with E-state index >= 15 is 0 Å². The van der Waals surface area contributed by atoms with Crippen LogP contribution in [0.1, 0.15) is 44.2 Å². The predicted molar refractivity (Wildman–Crippen MR) is 83.9 cm³/mol. The average molecular weight is 290 g/mol. The summed E-state index contributed by atoms with van der Waals surface area (Å²) in [5.74, 6) is 1.87. The zero-order valence-electron chi connectivity index (χ0n) is 12.5. The number of thioether (sulfide) groups is 1. The highest BCUT2D eigenvalue weighted by molar-refractivity contribution is 7.98.